The molecule has 0 saturated carbocycles. The normalized spacial score (nSPS) is 10.7. The Kier molecular flexibility index (Phi) is 5.85. The molecule has 0 atom stereocenters. The van der Waals surface area contributed by atoms with Crippen molar-refractivity contribution in [3.8, 4) is 22.8 Å². The van der Waals surface area contributed by atoms with Crippen LogP contribution in [0.15, 0.2) is 60.2 Å². The van der Waals surface area contributed by atoms with Crippen LogP contribution in [0.3, 0.4) is 0 Å². The zero-order chi connectivity index (χ0) is 20.9. The van der Waals surface area contributed by atoms with Crippen molar-refractivity contribution < 1.29 is 18.7 Å². The Labute approximate surface area is 176 Å². The van der Waals surface area contributed by atoms with Crippen LogP contribution in [0.5, 0.6) is 11.6 Å². The minimum absolute atomic E-state index is 0.180. The van der Waals surface area contributed by atoms with Gasteiger partial charge in [-0.15, -0.1) is 11.3 Å². The SMILES string of the molecule is COc1ccc(CNC(=O)COc2ncnc3scc(-c4ccc(F)cc4)c23)cc1. The number of benzene rings is 2. The fourth-order valence-corrected chi connectivity index (χ4v) is 3.83. The smallest absolute Gasteiger partial charge is 0.258 e. The molecule has 152 valence electrons. The number of hydrogen-bond acceptors (Lipinski definition) is 6. The molecule has 1 amide bonds. The van der Waals surface area contributed by atoms with Gasteiger partial charge in [0.2, 0.25) is 5.88 Å². The van der Waals surface area contributed by atoms with Crippen LogP contribution in [-0.4, -0.2) is 29.6 Å². The summed E-state index contributed by atoms with van der Waals surface area (Å²) >= 11 is 1.44. The quantitative estimate of drug-likeness (QED) is 0.482. The van der Waals surface area contributed by atoms with E-state index in [-0.39, 0.29) is 18.3 Å². The second-order valence-electron chi connectivity index (χ2n) is 6.43. The van der Waals surface area contributed by atoms with E-state index in [9.17, 15) is 9.18 Å². The van der Waals surface area contributed by atoms with Gasteiger partial charge in [-0.25, -0.2) is 14.4 Å². The highest BCUT2D eigenvalue weighted by atomic mass is 32.1. The number of hydrogen-bond donors (Lipinski definition) is 1. The van der Waals surface area contributed by atoms with E-state index in [0.717, 1.165) is 27.3 Å². The summed E-state index contributed by atoms with van der Waals surface area (Å²) in [6.07, 6.45) is 1.40. The molecule has 8 heteroatoms. The minimum Gasteiger partial charge on any atom is -0.497 e. The van der Waals surface area contributed by atoms with Crippen LogP contribution < -0.4 is 14.8 Å². The largest absolute Gasteiger partial charge is 0.497 e. The Morgan fingerprint density at radius 1 is 1.10 bits per heavy atom. The summed E-state index contributed by atoms with van der Waals surface area (Å²) in [4.78, 5) is 21.4. The van der Waals surface area contributed by atoms with E-state index in [1.165, 1.54) is 29.8 Å². The van der Waals surface area contributed by atoms with E-state index in [1.807, 2.05) is 29.6 Å². The van der Waals surface area contributed by atoms with Crippen LogP contribution in [0, 0.1) is 5.82 Å². The maximum atomic E-state index is 13.3. The Hall–Kier alpha value is -3.52. The number of carbonyl (C=O) groups excluding carboxylic acids is 1. The lowest BCUT2D eigenvalue weighted by molar-refractivity contribution is -0.123. The highest BCUT2D eigenvalue weighted by Crippen LogP contribution is 2.37. The minimum atomic E-state index is -0.306. The zero-order valence-electron chi connectivity index (χ0n) is 16.1. The second-order valence-corrected chi connectivity index (χ2v) is 7.29. The van der Waals surface area contributed by atoms with Gasteiger partial charge < -0.3 is 14.8 Å². The lowest BCUT2D eigenvalue weighted by Crippen LogP contribution is -2.28. The van der Waals surface area contributed by atoms with Gasteiger partial charge in [-0.1, -0.05) is 24.3 Å². The predicted octanol–water partition coefficient (Wildman–Crippen LogP) is 4.20. The van der Waals surface area contributed by atoms with Gasteiger partial charge in [0.15, 0.2) is 6.61 Å². The number of halogens is 1. The molecule has 1 N–H and O–H groups in total. The molecule has 2 heterocycles. The van der Waals surface area contributed by atoms with Crippen molar-refractivity contribution >= 4 is 27.5 Å². The Morgan fingerprint density at radius 2 is 1.87 bits per heavy atom. The number of rotatable bonds is 7. The van der Waals surface area contributed by atoms with Gasteiger partial charge in [-0.3, -0.25) is 4.79 Å². The van der Waals surface area contributed by atoms with E-state index >= 15 is 0 Å². The second kappa shape index (κ2) is 8.87. The van der Waals surface area contributed by atoms with Gasteiger partial charge in [0.05, 0.1) is 12.5 Å². The van der Waals surface area contributed by atoms with E-state index in [2.05, 4.69) is 15.3 Å². The van der Waals surface area contributed by atoms with Gasteiger partial charge >= 0.3 is 0 Å². The molecule has 0 aliphatic rings. The predicted molar refractivity (Wildman–Crippen MR) is 113 cm³/mol. The first-order chi connectivity index (χ1) is 14.6. The highest BCUT2D eigenvalue weighted by Gasteiger charge is 2.15. The number of carbonyl (C=O) groups is 1. The average Bonchev–Trinajstić information content (AvgIpc) is 3.22. The molecule has 2 aromatic heterocycles. The number of fused-ring (bicyclic) bond motifs is 1. The fraction of sp³-hybridized carbons (Fsp3) is 0.136. The van der Waals surface area contributed by atoms with Crippen LogP contribution in [0.1, 0.15) is 5.56 Å². The number of methoxy groups -OCH3 is 1. The third-order valence-electron chi connectivity index (χ3n) is 4.48. The molecule has 2 aromatic carbocycles. The van der Waals surface area contributed by atoms with Gasteiger partial charge in [0.1, 0.15) is 22.7 Å². The first-order valence-electron chi connectivity index (χ1n) is 9.14. The number of nitrogens with zero attached hydrogens (tertiary/aromatic N) is 2. The summed E-state index contributed by atoms with van der Waals surface area (Å²) in [6.45, 7) is 0.200. The molecule has 0 unspecified atom stereocenters. The Bertz CT molecular complexity index is 1160. The standard InChI is InChI=1S/C22H18FN3O3S/c1-28-17-8-2-14(3-9-17)10-24-19(27)11-29-21-20-18(12-30-22(20)26-13-25-21)15-4-6-16(23)7-5-15/h2-9,12-13H,10-11H2,1H3,(H,24,27). The van der Waals surface area contributed by atoms with E-state index in [1.54, 1.807) is 19.2 Å². The van der Waals surface area contributed by atoms with Crippen LogP contribution in [0.2, 0.25) is 0 Å². The molecule has 0 aliphatic heterocycles. The highest BCUT2D eigenvalue weighted by molar-refractivity contribution is 7.17. The fourth-order valence-electron chi connectivity index (χ4n) is 2.93. The molecule has 30 heavy (non-hydrogen) atoms. The zero-order valence-corrected chi connectivity index (χ0v) is 16.9. The topological polar surface area (TPSA) is 73.3 Å². The van der Waals surface area contributed by atoms with Crippen molar-refractivity contribution in [3.63, 3.8) is 0 Å². The summed E-state index contributed by atoms with van der Waals surface area (Å²) in [5.41, 5.74) is 2.61. The van der Waals surface area contributed by atoms with Crippen molar-refractivity contribution in [3.05, 3.63) is 71.6 Å². The van der Waals surface area contributed by atoms with Crippen molar-refractivity contribution in [1.29, 1.82) is 0 Å². The summed E-state index contributed by atoms with van der Waals surface area (Å²) in [6, 6.07) is 13.6. The van der Waals surface area contributed by atoms with Crippen molar-refractivity contribution in [2.75, 3.05) is 13.7 Å². The van der Waals surface area contributed by atoms with Crippen molar-refractivity contribution in [2.24, 2.45) is 0 Å². The molecule has 0 fully saturated rings. The summed E-state index contributed by atoms with van der Waals surface area (Å²) in [5.74, 6) is 0.504. The summed E-state index contributed by atoms with van der Waals surface area (Å²) < 4.78 is 24.1. The summed E-state index contributed by atoms with van der Waals surface area (Å²) in [5, 5.41) is 5.44. The van der Waals surface area contributed by atoms with Gasteiger partial charge in [0, 0.05) is 17.5 Å². The number of amides is 1. The molecule has 0 saturated heterocycles. The Morgan fingerprint density at radius 3 is 2.60 bits per heavy atom. The molecule has 0 spiro atoms. The summed E-state index contributed by atoms with van der Waals surface area (Å²) in [7, 11) is 1.60. The first-order valence-corrected chi connectivity index (χ1v) is 10.0. The number of ether oxygens (including phenoxy) is 2. The average molecular weight is 423 g/mol. The van der Waals surface area contributed by atoms with Crippen LogP contribution in [0.4, 0.5) is 4.39 Å². The third-order valence-corrected chi connectivity index (χ3v) is 5.37. The third kappa shape index (κ3) is 4.38. The van der Waals surface area contributed by atoms with Gasteiger partial charge in [-0.2, -0.15) is 0 Å². The van der Waals surface area contributed by atoms with Gasteiger partial charge in [-0.05, 0) is 35.4 Å². The maximum absolute atomic E-state index is 13.3. The van der Waals surface area contributed by atoms with Gasteiger partial charge in [0.25, 0.3) is 5.91 Å². The maximum Gasteiger partial charge on any atom is 0.258 e. The van der Waals surface area contributed by atoms with Crippen molar-refractivity contribution in [2.45, 2.75) is 6.54 Å². The number of aromatic nitrogens is 2. The van der Waals surface area contributed by atoms with Crippen LogP contribution in [0.25, 0.3) is 21.3 Å². The van der Waals surface area contributed by atoms with E-state index in [0.29, 0.717) is 17.8 Å². The van der Waals surface area contributed by atoms with Crippen LogP contribution in [-0.2, 0) is 11.3 Å². The first kappa shape index (κ1) is 19.8. The monoisotopic (exact) mass is 423 g/mol. The lowest BCUT2D eigenvalue weighted by Gasteiger charge is -2.09. The molecular formula is C22H18FN3O3S. The van der Waals surface area contributed by atoms with Crippen LogP contribution >= 0.6 is 11.3 Å². The molecule has 4 rings (SSSR count). The lowest BCUT2D eigenvalue weighted by atomic mass is 10.1. The molecule has 6 nitrogen and oxygen atoms in total. The molecule has 0 radical (unpaired) electrons. The molecular weight excluding hydrogens is 405 g/mol. The molecule has 4 aromatic rings. The molecule has 0 aliphatic carbocycles. The van der Waals surface area contributed by atoms with E-state index in [4.69, 9.17) is 9.47 Å². The number of nitrogens with one attached hydrogen (secondary N) is 1. The molecule has 0 bridgehead atoms. The Balaban J connectivity index is 1.45. The van der Waals surface area contributed by atoms with Crippen molar-refractivity contribution in [1.82, 2.24) is 15.3 Å². The number of thiophene rings is 1. The van der Waals surface area contributed by atoms with E-state index < -0.39 is 0 Å².